The number of aromatic nitrogens is 3. The minimum atomic E-state index is -0.533. The fraction of sp³-hybridized carbons (Fsp3) is 0.261. The van der Waals surface area contributed by atoms with Gasteiger partial charge in [0.15, 0.2) is 5.65 Å². The molecule has 4 aromatic rings. The van der Waals surface area contributed by atoms with Crippen molar-refractivity contribution in [3.05, 3.63) is 54.1 Å². The molecule has 8 heteroatoms. The van der Waals surface area contributed by atoms with Crippen LogP contribution in [0.2, 0.25) is 0 Å². The Kier molecular flexibility index (Phi) is 4.91. The number of esters is 1. The number of para-hydroxylation sites is 2. The van der Waals surface area contributed by atoms with E-state index in [-0.39, 0.29) is 24.1 Å². The maximum absolute atomic E-state index is 13.1. The number of benzene rings is 2. The van der Waals surface area contributed by atoms with E-state index >= 15 is 0 Å². The van der Waals surface area contributed by atoms with Crippen molar-refractivity contribution in [2.45, 2.75) is 18.9 Å². The summed E-state index contributed by atoms with van der Waals surface area (Å²) in [4.78, 5) is 22.5. The zero-order valence-corrected chi connectivity index (χ0v) is 17.1. The molecule has 5 rings (SSSR count). The SMILES string of the molecule is COc1ccc(-n2c(N)c(C(=O)OC[C@@H]3CCCO3)c3nc4ccccc4nc32)cc1. The molecule has 1 atom stereocenters. The van der Waals surface area contributed by atoms with E-state index in [1.807, 2.05) is 48.5 Å². The van der Waals surface area contributed by atoms with E-state index in [9.17, 15) is 4.79 Å². The molecule has 2 aromatic carbocycles. The highest BCUT2D eigenvalue weighted by Crippen LogP contribution is 2.32. The first kappa shape index (κ1) is 19.3. The lowest BCUT2D eigenvalue weighted by Crippen LogP contribution is -2.18. The second kappa shape index (κ2) is 7.88. The first-order chi connectivity index (χ1) is 15.2. The van der Waals surface area contributed by atoms with Gasteiger partial charge in [-0.05, 0) is 49.2 Å². The largest absolute Gasteiger partial charge is 0.497 e. The van der Waals surface area contributed by atoms with Crippen LogP contribution < -0.4 is 10.5 Å². The summed E-state index contributed by atoms with van der Waals surface area (Å²) in [5, 5.41) is 0. The molecule has 3 heterocycles. The summed E-state index contributed by atoms with van der Waals surface area (Å²) in [5.41, 5.74) is 9.72. The molecule has 0 spiro atoms. The zero-order valence-electron chi connectivity index (χ0n) is 17.1. The van der Waals surface area contributed by atoms with Gasteiger partial charge >= 0.3 is 5.97 Å². The van der Waals surface area contributed by atoms with Crippen LogP contribution in [0, 0.1) is 0 Å². The number of nitrogens with two attached hydrogens (primary N) is 1. The van der Waals surface area contributed by atoms with Gasteiger partial charge in [0.25, 0.3) is 0 Å². The highest BCUT2D eigenvalue weighted by atomic mass is 16.6. The second-order valence-corrected chi connectivity index (χ2v) is 7.41. The monoisotopic (exact) mass is 418 g/mol. The summed E-state index contributed by atoms with van der Waals surface area (Å²) in [6.45, 7) is 0.882. The van der Waals surface area contributed by atoms with E-state index < -0.39 is 5.97 Å². The first-order valence-corrected chi connectivity index (χ1v) is 10.2. The summed E-state index contributed by atoms with van der Waals surface area (Å²) in [5.74, 6) is 0.411. The number of carbonyl (C=O) groups excluding carboxylic acids is 1. The van der Waals surface area contributed by atoms with Crippen molar-refractivity contribution in [3.8, 4) is 11.4 Å². The molecular weight excluding hydrogens is 396 g/mol. The molecule has 0 bridgehead atoms. The van der Waals surface area contributed by atoms with Gasteiger partial charge in [0.1, 0.15) is 29.3 Å². The van der Waals surface area contributed by atoms with Gasteiger partial charge < -0.3 is 19.9 Å². The van der Waals surface area contributed by atoms with Crippen LogP contribution in [0.15, 0.2) is 48.5 Å². The maximum Gasteiger partial charge on any atom is 0.344 e. The van der Waals surface area contributed by atoms with Gasteiger partial charge in [0, 0.05) is 12.3 Å². The van der Waals surface area contributed by atoms with Crippen molar-refractivity contribution in [2.75, 3.05) is 26.1 Å². The summed E-state index contributed by atoms with van der Waals surface area (Å²) < 4.78 is 18.1. The second-order valence-electron chi connectivity index (χ2n) is 7.41. The minimum absolute atomic E-state index is 0.0768. The molecule has 0 unspecified atom stereocenters. The Morgan fingerprint density at radius 2 is 1.90 bits per heavy atom. The quantitative estimate of drug-likeness (QED) is 0.495. The lowest BCUT2D eigenvalue weighted by atomic mass is 10.2. The predicted molar refractivity (Wildman–Crippen MR) is 117 cm³/mol. The molecule has 1 saturated heterocycles. The Morgan fingerprint density at radius 1 is 1.16 bits per heavy atom. The third kappa shape index (κ3) is 3.44. The molecule has 2 N–H and O–H groups in total. The lowest BCUT2D eigenvalue weighted by Gasteiger charge is -2.11. The molecule has 1 fully saturated rings. The molecular formula is C23H22N4O4. The van der Waals surface area contributed by atoms with E-state index in [0.717, 1.165) is 18.5 Å². The summed E-state index contributed by atoms with van der Waals surface area (Å²) in [7, 11) is 1.61. The van der Waals surface area contributed by atoms with Crippen LogP contribution in [0.5, 0.6) is 5.75 Å². The van der Waals surface area contributed by atoms with Gasteiger partial charge in [-0.2, -0.15) is 0 Å². The Morgan fingerprint density at radius 3 is 2.58 bits per heavy atom. The van der Waals surface area contributed by atoms with Crippen molar-refractivity contribution >= 4 is 34.0 Å². The van der Waals surface area contributed by atoms with Crippen molar-refractivity contribution in [2.24, 2.45) is 0 Å². The van der Waals surface area contributed by atoms with Crippen LogP contribution in [0.25, 0.3) is 27.9 Å². The third-order valence-electron chi connectivity index (χ3n) is 5.46. The van der Waals surface area contributed by atoms with Crippen molar-refractivity contribution < 1.29 is 19.0 Å². The van der Waals surface area contributed by atoms with Crippen LogP contribution in [0.4, 0.5) is 5.82 Å². The van der Waals surface area contributed by atoms with Crippen molar-refractivity contribution in [3.63, 3.8) is 0 Å². The van der Waals surface area contributed by atoms with E-state index in [4.69, 9.17) is 29.9 Å². The molecule has 1 aliphatic heterocycles. The van der Waals surface area contributed by atoms with Crippen molar-refractivity contribution in [1.29, 1.82) is 0 Å². The molecule has 0 radical (unpaired) electrons. The number of hydrogen-bond acceptors (Lipinski definition) is 7. The Balaban J connectivity index is 1.65. The average Bonchev–Trinajstić information content (AvgIpc) is 3.41. The molecule has 158 valence electrons. The Bertz CT molecular complexity index is 1260. The number of fused-ring (bicyclic) bond motifs is 2. The smallest absolute Gasteiger partial charge is 0.344 e. The fourth-order valence-corrected chi connectivity index (χ4v) is 3.87. The number of carbonyl (C=O) groups is 1. The topological polar surface area (TPSA) is 101 Å². The molecule has 8 nitrogen and oxygen atoms in total. The molecule has 0 aliphatic carbocycles. The van der Waals surface area contributed by atoms with Crippen LogP contribution in [0.1, 0.15) is 23.2 Å². The van der Waals surface area contributed by atoms with Gasteiger partial charge in [0.2, 0.25) is 0 Å². The van der Waals surface area contributed by atoms with Gasteiger partial charge in [-0.15, -0.1) is 0 Å². The lowest BCUT2D eigenvalue weighted by molar-refractivity contribution is 0.0163. The van der Waals surface area contributed by atoms with Crippen LogP contribution >= 0.6 is 0 Å². The van der Waals surface area contributed by atoms with Gasteiger partial charge in [-0.25, -0.2) is 14.8 Å². The highest BCUT2D eigenvalue weighted by molar-refractivity contribution is 6.09. The number of ether oxygens (including phenoxy) is 3. The fourth-order valence-electron chi connectivity index (χ4n) is 3.87. The van der Waals surface area contributed by atoms with Gasteiger partial charge in [0.05, 0.1) is 24.2 Å². The summed E-state index contributed by atoms with van der Waals surface area (Å²) >= 11 is 0. The molecule has 0 saturated carbocycles. The van der Waals surface area contributed by atoms with E-state index in [1.54, 1.807) is 11.7 Å². The van der Waals surface area contributed by atoms with E-state index in [0.29, 0.717) is 34.6 Å². The van der Waals surface area contributed by atoms with Crippen LogP contribution in [-0.4, -0.2) is 46.9 Å². The van der Waals surface area contributed by atoms with Gasteiger partial charge in [-0.1, -0.05) is 12.1 Å². The number of hydrogen-bond donors (Lipinski definition) is 1. The number of nitrogen functional groups attached to an aromatic ring is 1. The number of methoxy groups -OCH3 is 1. The predicted octanol–water partition coefficient (Wildman–Crippen LogP) is 3.50. The van der Waals surface area contributed by atoms with Crippen LogP contribution in [0.3, 0.4) is 0 Å². The number of rotatable bonds is 5. The van der Waals surface area contributed by atoms with Gasteiger partial charge in [-0.3, -0.25) is 4.57 Å². The summed E-state index contributed by atoms with van der Waals surface area (Å²) in [6, 6.07) is 14.9. The Labute approximate surface area is 178 Å². The highest BCUT2D eigenvalue weighted by Gasteiger charge is 2.27. The Hall–Kier alpha value is -3.65. The molecule has 2 aromatic heterocycles. The van der Waals surface area contributed by atoms with E-state index in [1.165, 1.54) is 0 Å². The van der Waals surface area contributed by atoms with Crippen LogP contribution in [-0.2, 0) is 9.47 Å². The first-order valence-electron chi connectivity index (χ1n) is 10.2. The van der Waals surface area contributed by atoms with Crippen molar-refractivity contribution in [1.82, 2.24) is 14.5 Å². The third-order valence-corrected chi connectivity index (χ3v) is 5.46. The normalized spacial score (nSPS) is 16.1. The number of nitrogens with zero attached hydrogens (tertiary/aromatic N) is 3. The molecule has 31 heavy (non-hydrogen) atoms. The molecule has 1 aliphatic rings. The zero-order chi connectivity index (χ0) is 21.4. The minimum Gasteiger partial charge on any atom is -0.497 e. The number of anilines is 1. The van der Waals surface area contributed by atoms with E-state index in [2.05, 4.69) is 0 Å². The maximum atomic E-state index is 13.1. The summed E-state index contributed by atoms with van der Waals surface area (Å²) in [6.07, 6.45) is 1.77. The average molecular weight is 418 g/mol. The standard InChI is InChI=1S/C23H22N4O4/c1-29-15-10-8-14(9-11-15)27-21(24)19(23(28)31-13-16-5-4-12-30-16)20-22(27)26-18-7-3-2-6-17(18)25-20/h2-3,6-11,16H,4-5,12-13,24H2,1H3/t16-/m0/s1. The molecule has 0 amide bonds.